The van der Waals surface area contributed by atoms with Crippen LogP contribution < -0.4 is 15.6 Å². The molecule has 1 amide bonds. The molecule has 0 aliphatic heterocycles. The van der Waals surface area contributed by atoms with Gasteiger partial charge >= 0.3 is 0 Å². The molecule has 0 saturated carbocycles. The number of ether oxygens (including phenoxy) is 1. The van der Waals surface area contributed by atoms with Gasteiger partial charge in [0.15, 0.2) is 0 Å². The van der Waals surface area contributed by atoms with Gasteiger partial charge in [-0.2, -0.15) is 5.10 Å². The average molecular weight is 445 g/mol. The molecule has 0 aliphatic rings. The van der Waals surface area contributed by atoms with E-state index in [1.807, 2.05) is 37.3 Å². The maximum absolute atomic E-state index is 13.0. The van der Waals surface area contributed by atoms with Gasteiger partial charge < -0.3 is 14.6 Å². The minimum absolute atomic E-state index is 0.116. The molecule has 0 aliphatic carbocycles. The van der Waals surface area contributed by atoms with Gasteiger partial charge in [-0.1, -0.05) is 24.3 Å². The number of methoxy groups -OCH3 is 1. The fourth-order valence-corrected chi connectivity index (χ4v) is 3.76. The zero-order chi connectivity index (χ0) is 23.5. The largest absolute Gasteiger partial charge is 0.497 e. The molecule has 1 N–H and O–H groups in total. The first-order chi connectivity index (χ1) is 15.9. The number of carbonyl (C=O) groups is 1. The Morgan fingerprint density at radius 1 is 1.06 bits per heavy atom. The highest BCUT2D eigenvalue weighted by Gasteiger charge is 2.13. The summed E-state index contributed by atoms with van der Waals surface area (Å²) in [6.45, 7) is 6.34. The Labute approximate surface area is 192 Å². The maximum Gasteiger partial charge on any atom is 0.276 e. The first-order valence-corrected chi connectivity index (χ1v) is 11.0. The third kappa shape index (κ3) is 4.82. The molecular formula is C26H28N4O3. The van der Waals surface area contributed by atoms with Crippen molar-refractivity contribution in [1.82, 2.24) is 19.5 Å². The normalized spacial score (nSPS) is 12.0. The van der Waals surface area contributed by atoms with Crippen LogP contribution in [0.25, 0.3) is 16.8 Å². The Morgan fingerprint density at radius 2 is 1.82 bits per heavy atom. The molecule has 1 atom stereocenters. The minimum atomic E-state index is -0.170. The minimum Gasteiger partial charge on any atom is -0.497 e. The first kappa shape index (κ1) is 22.3. The number of amides is 1. The van der Waals surface area contributed by atoms with E-state index < -0.39 is 0 Å². The van der Waals surface area contributed by atoms with Crippen molar-refractivity contribution in [2.75, 3.05) is 7.11 Å². The molecule has 0 saturated heterocycles. The molecule has 4 aromatic rings. The third-order valence-corrected chi connectivity index (χ3v) is 5.98. The molecule has 2 heterocycles. The summed E-state index contributed by atoms with van der Waals surface area (Å²) in [4.78, 5) is 25.4. The molecule has 1 unspecified atom stereocenters. The van der Waals surface area contributed by atoms with Crippen LogP contribution in [0.3, 0.4) is 0 Å². The van der Waals surface area contributed by atoms with Crippen LogP contribution in [-0.4, -0.2) is 27.2 Å². The van der Waals surface area contributed by atoms with E-state index in [4.69, 9.17) is 4.74 Å². The van der Waals surface area contributed by atoms with E-state index in [9.17, 15) is 9.59 Å². The molecule has 7 nitrogen and oxygen atoms in total. The number of nitrogens with one attached hydrogen (secondary N) is 1. The van der Waals surface area contributed by atoms with Crippen LogP contribution in [0.4, 0.5) is 0 Å². The molecule has 0 fully saturated rings. The fourth-order valence-electron chi connectivity index (χ4n) is 3.76. The number of nitrogens with zero attached hydrogens (tertiary/aromatic N) is 3. The maximum atomic E-state index is 13.0. The quantitative estimate of drug-likeness (QED) is 0.466. The van der Waals surface area contributed by atoms with Crippen LogP contribution in [0, 0.1) is 13.8 Å². The van der Waals surface area contributed by atoms with Crippen LogP contribution in [0.5, 0.6) is 5.75 Å². The van der Waals surface area contributed by atoms with Gasteiger partial charge in [0.25, 0.3) is 5.56 Å². The number of fused-ring (bicyclic) bond motifs is 1. The van der Waals surface area contributed by atoms with Gasteiger partial charge in [0.05, 0.1) is 18.8 Å². The van der Waals surface area contributed by atoms with Gasteiger partial charge in [-0.15, -0.1) is 0 Å². The van der Waals surface area contributed by atoms with E-state index >= 15 is 0 Å². The molecule has 170 valence electrons. The fraction of sp³-hybridized carbons (Fsp3) is 0.269. The number of hydrogen-bond donors (Lipinski definition) is 1. The highest BCUT2D eigenvalue weighted by molar-refractivity contribution is 5.76. The van der Waals surface area contributed by atoms with E-state index in [0.717, 1.165) is 22.6 Å². The topological polar surface area (TPSA) is 77.6 Å². The van der Waals surface area contributed by atoms with Crippen LogP contribution in [0.15, 0.2) is 65.7 Å². The number of aromatic nitrogens is 3. The van der Waals surface area contributed by atoms with Crippen molar-refractivity contribution in [2.24, 2.45) is 0 Å². The Morgan fingerprint density at radius 3 is 2.52 bits per heavy atom. The Balaban J connectivity index is 1.45. The van der Waals surface area contributed by atoms with E-state index in [1.165, 1.54) is 11.1 Å². The second-order valence-corrected chi connectivity index (χ2v) is 8.27. The van der Waals surface area contributed by atoms with Gasteiger partial charge in [-0.05, 0) is 61.7 Å². The molecule has 4 rings (SSSR count). The Bertz CT molecular complexity index is 1350. The van der Waals surface area contributed by atoms with Crippen molar-refractivity contribution in [3.05, 3.63) is 88.0 Å². The molecule has 0 radical (unpaired) electrons. The third-order valence-electron chi connectivity index (χ3n) is 5.98. The lowest BCUT2D eigenvalue weighted by atomic mass is 10.0. The summed E-state index contributed by atoms with van der Waals surface area (Å²) in [5.41, 5.74) is 5.41. The molecule has 2 aromatic heterocycles. The zero-order valence-electron chi connectivity index (χ0n) is 19.3. The van der Waals surface area contributed by atoms with E-state index in [1.54, 1.807) is 34.7 Å². The second-order valence-electron chi connectivity index (χ2n) is 8.27. The molecule has 33 heavy (non-hydrogen) atoms. The number of rotatable bonds is 7. The van der Waals surface area contributed by atoms with Gasteiger partial charge in [0.1, 0.15) is 11.3 Å². The summed E-state index contributed by atoms with van der Waals surface area (Å²) in [5, 5.41) is 7.53. The Hall–Kier alpha value is -3.87. The molecule has 0 bridgehead atoms. The molecular weight excluding hydrogens is 416 g/mol. The summed E-state index contributed by atoms with van der Waals surface area (Å²) in [7, 11) is 1.62. The summed E-state index contributed by atoms with van der Waals surface area (Å²) in [5.74, 6) is 0.655. The summed E-state index contributed by atoms with van der Waals surface area (Å²) >= 11 is 0. The second kappa shape index (κ2) is 9.32. The lowest BCUT2D eigenvalue weighted by Crippen LogP contribution is -2.29. The van der Waals surface area contributed by atoms with Crippen LogP contribution in [0.2, 0.25) is 0 Å². The number of aryl methyl sites for hydroxylation is 3. The zero-order valence-corrected chi connectivity index (χ0v) is 19.3. The summed E-state index contributed by atoms with van der Waals surface area (Å²) < 4.78 is 8.32. The lowest BCUT2D eigenvalue weighted by molar-refractivity contribution is -0.121. The van der Waals surface area contributed by atoms with Crippen molar-refractivity contribution in [1.29, 1.82) is 0 Å². The smallest absolute Gasteiger partial charge is 0.276 e. The van der Waals surface area contributed by atoms with Crippen LogP contribution >= 0.6 is 0 Å². The van der Waals surface area contributed by atoms with Crippen molar-refractivity contribution >= 4 is 11.4 Å². The predicted octanol–water partition coefficient (Wildman–Crippen LogP) is 4.06. The first-order valence-electron chi connectivity index (χ1n) is 11.0. The van der Waals surface area contributed by atoms with Crippen LogP contribution in [-0.2, 0) is 11.3 Å². The van der Waals surface area contributed by atoms with Gasteiger partial charge in [0, 0.05) is 30.9 Å². The highest BCUT2D eigenvalue weighted by Crippen LogP contribution is 2.21. The number of hydrogen-bond acceptors (Lipinski definition) is 4. The van der Waals surface area contributed by atoms with E-state index in [0.29, 0.717) is 12.1 Å². The van der Waals surface area contributed by atoms with Gasteiger partial charge in [0.2, 0.25) is 5.91 Å². The van der Waals surface area contributed by atoms with Crippen molar-refractivity contribution in [3.63, 3.8) is 0 Å². The monoisotopic (exact) mass is 444 g/mol. The van der Waals surface area contributed by atoms with E-state index in [2.05, 4.69) is 36.4 Å². The lowest BCUT2D eigenvalue weighted by Gasteiger charge is -2.15. The van der Waals surface area contributed by atoms with Crippen molar-refractivity contribution < 1.29 is 9.53 Å². The summed E-state index contributed by atoms with van der Waals surface area (Å²) in [6, 6.07) is 15.4. The molecule has 7 heteroatoms. The predicted molar refractivity (Wildman–Crippen MR) is 129 cm³/mol. The highest BCUT2D eigenvalue weighted by atomic mass is 16.5. The number of carbonyl (C=O) groups excluding carboxylic acids is 1. The van der Waals surface area contributed by atoms with Gasteiger partial charge in [-0.3, -0.25) is 9.59 Å². The molecule has 0 spiro atoms. The van der Waals surface area contributed by atoms with Gasteiger partial charge in [-0.25, -0.2) is 4.52 Å². The van der Waals surface area contributed by atoms with Crippen molar-refractivity contribution in [2.45, 2.75) is 39.8 Å². The van der Waals surface area contributed by atoms with Crippen molar-refractivity contribution in [3.8, 4) is 17.0 Å². The van der Waals surface area contributed by atoms with Crippen LogP contribution in [0.1, 0.15) is 36.1 Å². The SMILES string of the molecule is COc1ccc(C(C)NC(=O)CCn2ccn3nc(-c4ccc(C)c(C)c4)cc3c2=O)cc1. The number of benzene rings is 2. The average Bonchev–Trinajstić information content (AvgIpc) is 3.26. The Kier molecular flexibility index (Phi) is 6.31. The standard InChI is InChI=1S/C26H28N4O3/c1-17-5-6-21(15-18(17)2)23-16-24-26(32)29(13-14-30(24)28-23)12-11-25(31)27-19(3)20-7-9-22(33-4)10-8-20/h5-10,13-16,19H,11-12H2,1-4H3,(H,27,31). The van der Waals surface area contributed by atoms with E-state index in [-0.39, 0.29) is 23.9 Å². The molecule has 2 aromatic carbocycles. The summed E-state index contributed by atoms with van der Waals surface area (Å²) in [6.07, 6.45) is 3.63.